The fourth-order valence-electron chi connectivity index (χ4n) is 5.55. The lowest BCUT2D eigenvalue weighted by Crippen LogP contribution is -2.20. The summed E-state index contributed by atoms with van der Waals surface area (Å²) in [6.07, 6.45) is 0. The zero-order valence-electron chi connectivity index (χ0n) is 27.0. The third-order valence-electron chi connectivity index (χ3n) is 7.94. The molecule has 0 amide bonds. The minimum atomic E-state index is -3.88. The zero-order chi connectivity index (χ0) is 38.2. The van der Waals surface area contributed by atoms with Gasteiger partial charge in [0.1, 0.15) is 9.79 Å². The molecular formula is C38H25Cl3N2O6S4. The Morgan fingerprint density at radius 1 is 0.528 bits per heavy atom. The lowest BCUT2D eigenvalue weighted by molar-refractivity contribution is 0.102. The molecule has 0 bridgehead atoms. The van der Waals surface area contributed by atoms with E-state index in [1.807, 2.05) is 30.3 Å². The number of sulfone groups is 2. The van der Waals surface area contributed by atoms with Gasteiger partial charge in [-0.3, -0.25) is 9.59 Å². The molecule has 2 aliphatic rings. The monoisotopic (exact) mass is 838 g/mol. The van der Waals surface area contributed by atoms with Gasteiger partial charge in [-0.1, -0.05) is 83.0 Å². The maximum Gasteiger partial charge on any atom is 0.209 e. The quantitative estimate of drug-likeness (QED) is 0.114. The Bertz CT molecular complexity index is 2690. The van der Waals surface area contributed by atoms with E-state index in [-0.39, 0.29) is 68.5 Å². The van der Waals surface area contributed by atoms with E-state index in [1.165, 1.54) is 54.2 Å². The van der Waals surface area contributed by atoms with Crippen LogP contribution in [0.2, 0.25) is 15.1 Å². The number of carbonyl (C=O) groups excluding carboxylic acids is 2. The molecule has 0 spiro atoms. The average Bonchev–Trinajstić information content (AvgIpc) is 3.12. The van der Waals surface area contributed by atoms with Crippen LogP contribution in [0.1, 0.15) is 31.8 Å². The predicted molar refractivity (Wildman–Crippen MR) is 212 cm³/mol. The van der Waals surface area contributed by atoms with Crippen molar-refractivity contribution in [3.05, 3.63) is 159 Å². The van der Waals surface area contributed by atoms with Crippen LogP contribution in [-0.4, -0.2) is 28.4 Å². The highest BCUT2D eigenvalue weighted by atomic mass is 35.5. The summed E-state index contributed by atoms with van der Waals surface area (Å²) in [7, 11) is -7.70. The van der Waals surface area contributed by atoms with Crippen molar-refractivity contribution < 1.29 is 26.4 Å². The molecule has 0 atom stereocenters. The summed E-state index contributed by atoms with van der Waals surface area (Å²) < 4.78 is 51.1. The maximum absolute atomic E-state index is 13.1. The van der Waals surface area contributed by atoms with Gasteiger partial charge in [0.25, 0.3) is 0 Å². The van der Waals surface area contributed by atoms with Gasteiger partial charge in [0.05, 0.1) is 24.9 Å². The van der Waals surface area contributed by atoms with Crippen LogP contribution in [-0.2, 0) is 19.7 Å². The van der Waals surface area contributed by atoms with E-state index in [4.69, 9.17) is 46.3 Å². The number of nitrogens with two attached hydrogens (primary N) is 2. The third kappa shape index (κ3) is 7.45. The van der Waals surface area contributed by atoms with Crippen LogP contribution < -0.4 is 11.5 Å². The highest BCUT2D eigenvalue weighted by Crippen LogP contribution is 2.44. The van der Waals surface area contributed by atoms with Crippen LogP contribution in [0, 0.1) is 0 Å². The fraction of sp³-hybridized carbons (Fsp3) is 0. The van der Waals surface area contributed by atoms with Crippen molar-refractivity contribution in [1.82, 2.24) is 0 Å². The van der Waals surface area contributed by atoms with Crippen molar-refractivity contribution in [2.24, 2.45) is 0 Å². The van der Waals surface area contributed by atoms with E-state index in [1.54, 1.807) is 48.5 Å². The Morgan fingerprint density at radius 2 is 1.02 bits per heavy atom. The van der Waals surface area contributed by atoms with Crippen LogP contribution in [0.4, 0.5) is 11.4 Å². The Labute approximate surface area is 330 Å². The molecule has 4 N–H and O–H groups in total. The molecular weight excluding hydrogens is 815 g/mol. The number of rotatable bonds is 2. The van der Waals surface area contributed by atoms with E-state index in [9.17, 15) is 26.4 Å². The number of halogens is 3. The summed E-state index contributed by atoms with van der Waals surface area (Å²) in [4.78, 5) is 26.9. The molecule has 0 saturated carbocycles. The van der Waals surface area contributed by atoms with Gasteiger partial charge < -0.3 is 11.5 Å². The molecule has 2 heterocycles. The number of fused-ring (bicyclic) bond motifs is 4. The smallest absolute Gasteiger partial charge is 0.209 e. The zero-order valence-corrected chi connectivity index (χ0v) is 32.6. The summed E-state index contributed by atoms with van der Waals surface area (Å²) >= 11 is 23.6. The molecule has 8 nitrogen and oxygen atoms in total. The molecule has 2 aliphatic heterocycles. The second kappa shape index (κ2) is 15.2. The summed E-state index contributed by atoms with van der Waals surface area (Å²) in [6.45, 7) is 0. The van der Waals surface area contributed by atoms with Crippen molar-refractivity contribution in [1.29, 1.82) is 0 Å². The number of hydrogen-bond donors (Lipinski definition) is 3. The number of hydrogen-bond acceptors (Lipinski definition) is 10. The molecule has 0 saturated heterocycles. The minimum Gasteiger partial charge on any atom is -0.399 e. The first-order valence-electron chi connectivity index (χ1n) is 15.3. The van der Waals surface area contributed by atoms with Crippen molar-refractivity contribution in [2.75, 3.05) is 11.5 Å². The van der Waals surface area contributed by atoms with Crippen LogP contribution in [0.15, 0.2) is 156 Å². The lowest BCUT2D eigenvalue weighted by atomic mass is 10.0. The molecule has 0 unspecified atom stereocenters. The second-order valence-electron chi connectivity index (χ2n) is 11.4. The third-order valence-corrected chi connectivity index (χ3v) is 14.6. The van der Waals surface area contributed by atoms with E-state index in [0.717, 1.165) is 15.5 Å². The first kappa shape index (κ1) is 38.5. The number of thiol groups is 1. The molecule has 15 heteroatoms. The van der Waals surface area contributed by atoms with E-state index in [0.29, 0.717) is 10.6 Å². The van der Waals surface area contributed by atoms with E-state index < -0.39 is 19.7 Å². The van der Waals surface area contributed by atoms with Crippen molar-refractivity contribution in [3.63, 3.8) is 0 Å². The van der Waals surface area contributed by atoms with Crippen molar-refractivity contribution in [2.45, 2.75) is 34.3 Å². The first-order chi connectivity index (χ1) is 25.1. The topological polar surface area (TPSA) is 154 Å². The molecule has 8 rings (SSSR count). The van der Waals surface area contributed by atoms with Crippen LogP contribution in [0.5, 0.6) is 0 Å². The van der Waals surface area contributed by atoms with Crippen molar-refractivity contribution in [3.8, 4) is 0 Å². The summed E-state index contributed by atoms with van der Waals surface area (Å²) in [5, 5.41) is 0.0518. The lowest BCUT2D eigenvalue weighted by Gasteiger charge is -2.21. The standard InChI is InChI=1S/C19H12ClNO3S2.C13H6Cl2O3S.C6H7NS/c20-17-15(25-12-5-3-4-11(21)10-12)9-8-14-18(22)13-6-1-2-7-16(13)26(23,24)19(14)17;14-9-6-5-8-12(16)7-3-1-2-4-10(7)19(17,18)13(8)11(9)15;7-5-2-1-3-6(8)4-5/h1-10H,21H2;1-6H;1-4,8H,7H2. The van der Waals surface area contributed by atoms with Gasteiger partial charge in [0, 0.05) is 48.3 Å². The number of anilines is 2. The number of ketones is 2. The van der Waals surface area contributed by atoms with Crippen molar-refractivity contribution >= 4 is 102 Å². The van der Waals surface area contributed by atoms with E-state index in [2.05, 4.69) is 12.6 Å². The Kier molecular flexibility index (Phi) is 11.0. The van der Waals surface area contributed by atoms with Gasteiger partial charge in [-0.15, -0.1) is 12.6 Å². The Morgan fingerprint density at radius 3 is 1.53 bits per heavy atom. The normalized spacial score (nSPS) is 14.2. The van der Waals surface area contributed by atoms with Crippen LogP contribution >= 0.6 is 59.2 Å². The fourth-order valence-corrected chi connectivity index (χ4v) is 11.5. The molecule has 268 valence electrons. The van der Waals surface area contributed by atoms with Gasteiger partial charge in [0.2, 0.25) is 19.7 Å². The summed E-state index contributed by atoms with van der Waals surface area (Å²) in [5.74, 6) is -0.702. The predicted octanol–water partition coefficient (Wildman–Crippen LogP) is 9.38. The average molecular weight is 840 g/mol. The molecule has 0 radical (unpaired) electrons. The highest BCUT2D eigenvalue weighted by molar-refractivity contribution is 7.99. The van der Waals surface area contributed by atoms with Gasteiger partial charge in [-0.05, 0) is 84.9 Å². The molecule has 0 aromatic heterocycles. The van der Waals surface area contributed by atoms with E-state index >= 15 is 0 Å². The number of benzene rings is 6. The Balaban J connectivity index is 0.000000155. The van der Waals surface area contributed by atoms with Crippen LogP contribution in [0.25, 0.3) is 0 Å². The maximum atomic E-state index is 13.1. The van der Waals surface area contributed by atoms with Gasteiger partial charge >= 0.3 is 0 Å². The number of carbonyl (C=O) groups is 2. The highest BCUT2D eigenvalue weighted by Gasteiger charge is 2.38. The number of nitrogen functional groups attached to an aromatic ring is 2. The minimum absolute atomic E-state index is 0.00879. The molecule has 53 heavy (non-hydrogen) atoms. The van der Waals surface area contributed by atoms with Gasteiger partial charge in [-0.2, -0.15) is 0 Å². The molecule has 6 aromatic rings. The second-order valence-corrected chi connectivity index (χ2v) is 17.9. The van der Waals surface area contributed by atoms with Gasteiger partial charge in [-0.25, -0.2) is 16.8 Å². The molecule has 6 aromatic carbocycles. The first-order valence-corrected chi connectivity index (χ1v) is 20.7. The molecule has 0 fully saturated rings. The molecule has 0 aliphatic carbocycles. The van der Waals surface area contributed by atoms with Gasteiger partial charge in [0.15, 0.2) is 11.6 Å². The largest absolute Gasteiger partial charge is 0.399 e. The summed E-state index contributed by atoms with van der Waals surface area (Å²) in [6, 6.07) is 32.8. The van der Waals surface area contributed by atoms with Crippen LogP contribution in [0.3, 0.4) is 0 Å². The Hall–Kier alpha value is -4.27. The SMILES string of the molecule is Nc1cccc(S)c1.Nc1cccc(Sc2ccc3c(c2Cl)S(=O)(=O)c2ccccc2C3=O)c1.O=C1c2ccccc2S(=O)(=O)c2c1ccc(Cl)c2Cl. The summed E-state index contributed by atoms with van der Waals surface area (Å²) in [5.41, 5.74) is 13.1.